The molecule has 3 amide bonds. The number of hydrazine groups is 1. The Labute approximate surface area is 73.2 Å². The first kappa shape index (κ1) is 9.04. The van der Waals surface area contributed by atoms with Crippen molar-refractivity contribution >= 4 is 11.9 Å². The molecule has 7 heteroatoms. The highest BCUT2D eigenvalue weighted by Crippen LogP contribution is 1.99. The zero-order chi connectivity index (χ0) is 9.84. The Bertz CT molecular complexity index is 332. The summed E-state index contributed by atoms with van der Waals surface area (Å²) in [5.41, 5.74) is 8.73. The Hall–Kier alpha value is -2.05. The van der Waals surface area contributed by atoms with E-state index in [1.165, 1.54) is 6.07 Å². The van der Waals surface area contributed by atoms with Gasteiger partial charge in [-0.15, -0.1) is 0 Å². The van der Waals surface area contributed by atoms with Gasteiger partial charge in [0, 0.05) is 6.07 Å². The first-order chi connectivity index (χ1) is 6.09. The normalized spacial score (nSPS) is 9.31. The van der Waals surface area contributed by atoms with E-state index >= 15 is 0 Å². The van der Waals surface area contributed by atoms with Crippen LogP contribution in [0, 0.1) is 6.92 Å². The number of hydrogen-bond donors (Lipinski definition) is 3. The van der Waals surface area contributed by atoms with Crippen LogP contribution < -0.4 is 16.6 Å². The van der Waals surface area contributed by atoms with E-state index < -0.39 is 11.9 Å². The molecule has 0 unspecified atom stereocenters. The number of aromatic nitrogens is 1. The van der Waals surface area contributed by atoms with Crippen LogP contribution in [0.2, 0.25) is 0 Å². The molecule has 0 aliphatic heterocycles. The third kappa shape index (κ3) is 2.47. The SMILES string of the molecule is Cc1cc(C(=O)NNC(N)=O)no1. The van der Waals surface area contributed by atoms with E-state index in [2.05, 4.69) is 9.68 Å². The van der Waals surface area contributed by atoms with Gasteiger partial charge in [0.05, 0.1) is 0 Å². The molecule has 70 valence electrons. The molecule has 0 spiro atoms. The van der Waals surface area contributed by atoms with E-state index in [4.69, 9.17) is 5.73 Å². The molecule has 0 saturated carbocycles. The van der Waals surface area contributed by atoms with Gasteiger partial charge in [0.25, 0.3) is 5.91 Å². The number of primary amides is 1. The minimum Gasteiger partial charge on any atom is -0.361 e. The second-order valence-electron chi connectivity index (χ2n) is 2.27. The van der Waals surface area contributed by atoms with Gasteiger partial charge in [0.15, 0.2) is 5.69 Å². The minimum atomic E-state index is -0.853. The van der Waals surface area contributed by atoms with Crippen LogP contribution in [-0.2, 0) is 0 Å². The summed E-state index contributed by atoms with van der Waals surface area (Å²) in [6.07, 6.45) is 0. The van der Waals surface area contributed by atoms with Crippen molar-refractivity contribution in [3.8, 4) is 0 Å². The third-order valence-electron chi connectivity index (χ3n) is 1.16. The molecule has 0 fully saturated rings. The Kier molecular flexibility index (Phi) is 2.48. The molecule has 7 nitrogen and oxygen atoms in total. The first-order valence-electron chi connectivity index (χ1n) is 3.38. The van der Waals surface area contributed by atoms with Crippen molar-refractivity contribution < 1.29 is 14.1 Å². The number of carbonyl (C=O) groups is 2. The fourth-order valence-electron chi connectivity index (χ4n) is 0.656. The van der Waals surface area contributed by atoms with Crippen molar-refractivity contribution in [3.63, 3.8) is 0 Å². The zero-order valence-electron chi connectivity index (χ0n) is 6.83. The molecule has 1 heterocycles. The summed E-state index contributed by atoms with van der Waals surface area (Å²) in [6.45, 7) is 1.64. The average molecular weight is 184 g/mol. The summed E-state index contributed by atoms with van der Waals surface area (Å²) < 4.78 is 4.64. The predicted molar refractivity (Wildman–Crippen MR) is 41.4 cm³/mol. The molecule has 13 heavy (non-hydrogen) atoms. The number of nitrogens with zero attached hydrogens (tertiary/aromatic N) is 1. The smallest absolute Gasteiger partial charge is 0.330 e. The first-order valence-corrected chi connectivity index (χ1v) is 3.38. The Morgan fingerprint density at radius 1 is 1.54 bits per heavy atom. The summed E-state index contributed by atoms with van der Waals surface area (Å²) >= 11 is 0. The van der Waals surface area contributed by atoms with Crippen LogP contribution in [0.4, 0.5) is 4.79 Å². The molecule has 1 rings (SSSR count). The Balaban J connectivity index is 2.54. The Morgan fingerprint density at radius 3 is 2.69 bits per heavy atom. The van der Waals surface area contributed by atoms with E-state index in [9.17, 15) is 9.59 Å². The van der Waals surface area contributed by atoms with E-state index in [0.717, 1.165) is 0 Å². The van der Waals surface area contributed by atoms with E-state index in [1.807, 2.05) is 10.9 Å². The fraction of sp³-hybridized carbons (Fsp3) is 0.167. The predicted octanol–water partition coefficient (Wildman–Crippen LogP) is -0.704. The summed E-state index contributed by atoms with van der Waals surface area (Å²) in [5, 5.41) is 3.41. The van der Waals surface area contributed by atoms with Gasteiger partial charge in [-0.2, -0.15) is 0 Å². The number of urea groups is 1. The highest BCUT2D eigenvalue weighted by Gasteiger charge is 2.10. The van der Waals surface area contributed by atoms with Crippen LogP contribution in [-0.4, -0.2) is 17.1 Å². The van der Waals surface area contributed by atoms with Gasteiger partial charge in [-0.25, -0.2) is 10.2 Å². The highest BCUT2D eigenvalue weighted by molar-refractivity contribution is 5.93. The number of aryl methyl sites for hydroxylation is 1. The van der Waals surface area contributed by atoms with Crippen LogP contribution in [0.15, 0.2) is 10.6 Å². The van der Waals surface area contributed by atoms with Crippen molar-refractivity contribution in [2.24, 2.45) is 5.73 Å². The largest absolute Gasteiger partial charge is 0.361 e. The monoisotopic (exact) mass is 184 g/mol. The maximum Gasteiger partial charge on any atom is 0.330 e. The quantitative estimate of drug-likeness (QED) is 0.501. The van der Waals surface area contributed by atoms with E-state index in [-0.39, 0.29) is 5.69 Å². The second-order valence-corrected chi connectivity index (χ2v) is 2.27. The molecule has 0 bridgehead atoms. The van der Waals surface area contributed by atoms with Gasteiger partial charge >= 0.3 is 6.03 Å². The molecule has 0 saturated heterocycles. The fourth-order valence-corrected chi connectivity index (χ4v) is 0.656. The standard InChI is InChI=1S/C6H8N4O3/c1-3-2-4(10-13-3)5(11)8-9-6(7)12/h2H,1H3,(H,8,11)(H3,7,9,12). The Morgan fingerprint density at radius 2 is 2.23 bits per heavy atom. The van der Waals surface area contributed by atoms with E-state index in [1.54, 1.807) is 6.92 Å². The van der Waals surface area contributed by atoms with Crippen molar-refractivity contribution in [3.05, 3.63) is 17.5 Å². The van der Waals surface area contributed by atoms with Gasteiger partial charge in [-0.05, 0) is 6.92 Å². The summed E-state index contributed by atoms with van der Waals surface area (Å²) in [4.78, 5) is 21.3. The van der Waals surface area contributed by atoms with Gasteiger partial charge in [-0.1, -0.05) is 5.16 Å². The number of nitrogens with two attached hydrogens (primary N) is 1. The maximum atomic E-state index is 11.1. The van der Waals surface area contributed by atoms with Gasteiger partial charge in [0.2, 0.25) is 0 Å². The molecule has 0 radical (unpaired) electrons. The van der Waals surface area contributed by atoms with Crippen LogP contribution in [0.25, 0.3) is 0 Å². The van der Waals surface area contributed by atoms with Crippen LogP contribution in [0.1, 0.15) is 16.2 Å². The second kappa shape index (κ2) is 3.57. The molecular weight excluding hydrogens is 176 g/mol. The number of carbonyl (C=O) groups excluding carboxylic acids is 2. The topological polar surface area (TPSA) is 110 Å². The van der Waals surface area contributed by atoms with E-state index in [0.29, 0.717) is 5.76 Å². The molecule has 0 atom stereocenters. The molecule has 0 aliphatic carbocycles. The lowest BCUT2D eigenvalue weighted by Crippen LogP contribution is -2.44. The summed E-state index contributed by atoms with van der Waals surface area (Å²) in [7, 11) is 0. The number of rotatable bonds is 1. The molecular formula is C6H8N4O3. The molecule has 1 aromatic heterocycles. The highest BCUT2D eigenvalue weighted by atomic mass is 16.5. The minimum absolute atomic E-state index is 0.0752. The van der Waals surface area contributed by atoms with Gasteiger partial charge in [0.1, 0.15) is 5.76 Å². The average Bonchev–Trinajstić information content (AvgIpc) is 2.47. The van der Waals surface area contributed by atoms with Crippen molar-refractivity contribution in [2.75, 3.05) is 0 Å². The number of amides is 3. The summed E-state index contributed by atoms with van der Waals surface area (Å²) in [5.74, 6) is -0.0834. The molecule has 1 aromatic rings. The van der Waals surface area contributed by atoms with Gasteiger partial charge < -0.3 is 10.3 Å². The third-order valence-corrected chi connectivity index (χ3v) is 1.16. The number of nitrogens with one attached hydrogen (secondary N) is 2. The van der Waals surface area contributed by atoms with Crippen molar-refractivity contribution in [1.29, 1.82) is 0 Å². The maximum absolute atomic E-state index is 11.1. The summed E-state index contributed by atoms with van der Waals surface area (Å²) in [6, 6.07) is 0.575. The van der Waals surface area contributed by atoms with Crippen molar-refractivity contribution in [2.45, 2.75) is 6.92 Å². The van der Waals surface area contributed by atoms with Gasteiger partial charge in [-0.3, -0.25) is 10.2 Å². The lowest BCUT2D eigenvalue weighted by molar-refractivity contribution is 0.0928. The van der Waals surface area contributed by atoms with Crippen molar-refractivity contribution in [1.82, 2.24) is 16.0 Å². The zero-order valence-corrected chi connectivity index (χ0v) is 6.83. The lowest BCUT2D eigenvalue weighted by Gasteiger charge is -2.00. The number of hydrogen-bond acceptors (Lipinski definition) is 4. The molecule has 0 aliphatic rings. The van der Waals surface area contributed by atoms with Crippen LogP contribution in [0.3, 0.4) is 0 Å². The van der Waals surface area contributed by atoms with Crippen LogP contribution >= 0.6 is 0 Å². The molecule has 0 aromatic carbocycles. The van der Waals surface area contributed by atoms with Crippen LogP contribution in [0.5, 0.6) is 0 Å². The lowest BCUT2D eigenvalue weighted by atomic mass is 10.4. The molecule has 4 N–H and O–H groups in total.